The van der Waals surface area contributed by atoms with Gasteiger partial charge < -0.3 is 4.90 Å². The minimum Gasteiger partial charge on any atom is -0.332 e. The van der Waals surface area contributed by atoms with Crippen LogP contribution < -0.4 is 5.56 Å². The number of aromatic nitrogens is 2. The lowest BCUT2D eigenvalue weighted by atomic mass is 9.83. The molecule has 1 aliphatic rings. The lowest BCUT2D eigenvalue weighted by Gasteiger charge is -2.38. The van der Waals surface area contributed by atoms with Crippen molar-refractivity contribution in [3.05, 3.63) is 69.7 Å². The fourth-order valence-corrected chi connectivity index (χ4v) is 4.54. The van der Waals surface area contributed by atoms with Gasteiger partial charge >= 0.3 is 0 Å². The number of hydrogen-bond donors (Lipinski definition) is 0. The fourth-order valence-electron chi connectivity index (χ4n) is 4.41. The monoisotopic (exact) mass is 451 g/mol. The van der Waals surface area contributed by atoms with E-state index in [4.69, 9.17) is 16.6 Å². The maximum Gasteiger partial charge on any atom is 0.266 e. The SMILES string of the molecule is CCC(c1nc2ccccc2c(=O)n1-c1ccc(Cl)cc1)N(CC(C)C)C(=O)C1CCC1. The van der Waals surface area contributed by atoms with E-state index in [1.807, 2.05) is 35.2 Å². The van der Waals surface area contributed by atoms with Crippen LogP contribution in [0.5, 0.6) is 0 Å². The number of amides is 1. The molecule has 3 aromatic rings. The Kier molecular flexibility index (Phi) is 6.66. The summed E-state index contributed by atoms with van der Waals surface area (Å²) in [6.45, 7) is 6.93. The first-order chi connectivity index (χ1) is 15.4. The summed E-state index contributed by atoms with van der Waals surface area (Å²) < 4.78 is 1.66. The highest BCUT2D eigenvalue weighted by Crippen LogP contribution is 2.34. The molecule has 0 radical (unpaired) electrons. The third kappa shape index (κ3) is 4.31. The van der Waals surface area contributed by atoms with Crippen LogP contribution in [0.2, 0.25) is 5.02 Å². The van der Waals surface area contributed by atoms with Crippen LogP contribution in [0.3, 0.4) is 0 Å². The summed E-state index contributed by atoms with van der Waals surface area (Å²) in [7, 11) is 0. The van der Waals surface area contributed by atoms with Crippen LogP contribution in [0, 0.1) is 11.8 Å². The number of hydrogen-bond acceptors (Lipinski definition) is 3. The summed E-state index contributed by atoms with van der Waals surface area (Å²) >= 11 is 6.11. The molecular weight excluding hydrogens is 422 g/mol. The second-order valence-corrected chi connectivity index (χ2v) is 9.48. The third-order valence-electron chi connectivity index (χ3n) is 6.25. The van der Waals surface area contributed by atoms with Crippen LogP contribution in [0.1, 0.15) is 58.3 Å². The van der Waals surface area contributed by atoms with Crippen molar-refractivity contribution >= 4 is 28.4 Å². The van der Waals surface area contributed by atoms with Gasteiger partial charge in [0.1, 0.15) is 5.82 Å². The summed E-state index contributed by atoms with van der Waals surface area (Å²) in [4.78, 5) is 34.1. The zero-order valence-corrected chi connectivity index (χ0v) is 19.7. The van der Waals surface area contributed by atoms with Crippen LogP contribution in [-0.4, -0.2) is 26.9 Å². The zero-order chi connectivity index (χ0) is 22.8. The van der Waals surface area contributed by atoms with Gasteiger partial charge in [0.25, 0.3) is 5.56 Å². The molecule has 0 saturated heterocycles. The lowest BCUT2D eigenvalue weighted by molar-refractivity contribution is -0.141. The predicted octanol–water partition coefficient (Wildman–Crippen LogP) is 5.77. The number of fused-ring (bicyclic) bond motifs is 1. The van der Waals surface area contributed by atoms with Crippen molar-refractivity contribution in [2.45, 2.75) is 52.5 Å². The molecule has 1 amide bonds. The molecule has 0 N–H and O–H groups in total. The van der Waals surface area contributed by atoms with Crippen LogP contribution >= 0.6 is 11.6 Å². The Morgan fingerprint density at radius 2 is 1.84 bits per heavy atom. The normalized spacial score (nSPS) is 15.0. The highest BCUT2D eigenvalue weighted by Gasteiger charge is 2.35. The second kappa shape index (κ2) is 9.45. The number of para-hydroxylation sites is 1. The molecule has 32 heavy (non-hydrogen) atoms. The number of benzene rings is 2. The highest BCUT2D eigenvalue weighted by molar-refractivity contribution is 6.30. The maximum absolute atomic E-state index is 13.7. The van der Waals surface area contributed by atoms with Crippen molar-refractivity contribution in [1.82, 2.24) is 14.5 Å². The van der Waals surface area contributed by atoms with Gasteiger partial charge in [-0.25, -0.2) is 4.98 Å². The topological polar surface area (TPSA) is 55.2 Å². The summed E-state index contributed by atoms with van der Waals surface area (Å²) in [6.07, 6.45) is 3.66. The molecule has 1 aromatic heterocycles. The number of carbonyl (C=O) groups is 1. The van der Waals surface area contributed by atoms with Crippen LogP contribution in [0.15, 0.2) is 53.3 Å². The van der Waals surface area contributed by atoms with Gasteiger partial charge in [0.2, 0.25) is 5.91 Å². The lowest BCUT2D eigenvalue weighted by Crippen LogP contribution is -2.44. The largest absolute Gasteiger partial charge is 0.332 e. The predicted molar refractivity (Wildman–Crippen MR) is 129 cm³/mol. The van der Waals surface area contributed by atoms with E-state index in [0.29, 0.717) is 46.3 Å². The van der Waals surface area contributed by atoms with Gasteiger partial charge in [0.05, 0.1) is 22.6 Å². The molecule has 1 saturated carbocycles. The summed E-state index contributed by atoms with van der Waals surface area (Å²) in [5.74, 6) is 1.18. The Morgan fingerprint density at radius 3 is 2.44 bits per heavy atom. The van der Waals surface area contributed by atoms with Gasteiger partial charge in [0, 0.05) is 17.5 Å². The molecule has 4 rings (SSSR count). The van der Waals surface area contributed by atoms with Crippen molar-refractivity contribution in [3.63, 3.8) is 0 Å². The maximum atomic E-state index is 13.7. The third-order valence-corrected chi connectivity index (χ3v) is 6.50. The number of halogens is 1. The van der Waals surface area contributed by atoms with Crippen LogP contribution in [0.25, 0.3) is 16.6 Å². The van der Waals surface area contributed by atoms with E-state index >= 15 is 0 Å². The van der Waals surface area contributed by atoms with Gasteiger partial charge in [-0.2, -0.15) is 0 Å². The summed E-state index contributed by atoms with van der Waals surface area (Å²) in [5.41, 5.74) is 1.22. The van der Waals surface area contributed by atoms with Gasteiger partial charge in [-0.15, -0.1) is 0 Å². The number of nitrogens with zero attached hydrogens (tertiary/aromatic N) is 3. The molecule has 1 fully saturated rings. The molecule has 6 heteroatoms. The molecule has 5 nitrogen and oxygen atoms in total. The van der Waals surface area contributed by atoms with Gasteiger partial charge in [-0.3, -0.25) is 14.2 Å². The number of carbonyl (C=O) groups excluding carboxylic acids is 1. The van der Waals surface area contributed by atoms with Gasteiger partial charge in [0.15, 0.2) is 0 Å². The number of rotatable bonds is 7. The summed E-state index contributed by atoms with van der Waals surface area (Å²) in [6, 6.07) is 14.3. The smallest absolute Gasteiger partial charge is 0.266 e. The fraction of sp³-hybridized carbons (Fsp3) is 0.423. The minimum absolute atomic E-state index is 0.0824. The highest BCUT2D eigenvalue weighted by atomic mass is 35.5. The van der Waals surface area contributed by atoms with E-state index in [-0.39, 0.29) is 23.4 Å². The Bertz CT molecular complexity index is 1170. The van der Waals surface area contributed by atoms with Crippen LogP contribution in [0.4, 0.5) is 0 Å². The summed E-state index contributed by atoms with van der Waals surface area (Å²) in [5, 5.41) is 1.16. The van der Waals surface area contributed by atoms with E-state index in [1.54, 1.807) is 22.8 Å². The Labute approximate surface area is 194 Å². The van der Waals surface area contributed by atoms with Crippen LogP contribution in [-0.2, 0) is 4.79 Å². The molecule has 1 aliphatic carbocycles. The first-order valence-corrected chi connectivity index (χ1v) is 11.9. The Hall–Kier alpha value is -2.66. The standard InChI is InChI=1S/C26H30ClN3O2/c1-4-23(29(16-17(2)3)25(31)18-8-7-9-18)24-28-22-11-6-5-10-21(22)26(32)30(24)20-14-12-19(27)13-15-20/h5-6,10-15,17-18,23H,4,7-9,16H2,1-3H3. The van der Waals surface area contributed by atoms with E-state index in [2.05, 4.69) is 20.8 Å². The molecular formula is C26H30ClN3O2. The quantitative estimate of drug-likeness (QED) is 0.457. The second-order valence-electron chi connectivity index (χ2n) is 9.04. The molecule has 0 aliphatic heterocycles. The first-order valence-electron chi connectivity index (χ1n) is 11.5. The molecule has 1 atom stereocenters. The Morgan fingerprint density at radius 1 is 1.16 bits per heavy atom. The molecule has 2 aromatic carbocycles. The van der Waals surface area contributed by atoms with Crippen molar-refractivity contribution in [1.29, 1.82) is 0 Å². The van der Waals surface area contributed by atoms with Gasteiger partial charge in [-0.05, 0) is 61.6 Å². The van der Waals surface area contributed by atoms with Crippen molar-refractivity contribution in [2.24, 2.45) is 11.8 Å². The molecule has 168 valence electrons. The first kappa shape index (κ1) is 22.5. The average Bonchev–Trinajstić information content (AvgIpc) is 2.73. The van der Waals surface area contributed by atoms with E-state index in [9.17, 15) is 9.59 Å². The molecule has 0 spiro atoms. The minimum atomic E-state index is -0.293. The van der Waals surface area contributed by atoms with Crippen molar-refractivity contribution in [3.8, 4) is 5.69 Å². The average molecular weight is 452 g/mol. The van der Waals surface area contributed by atoms with E-state index in [1.165, 1.54) is 0 Å². The zero-order valence-electron chi connectivity index (χ0n) is 18.9. The molecule has 1 unspecified atom stereocenters. The van der Waals surface area contributed by atoms with E-state index < -0.39 is 0 Å². The molecule has 0 bridgehead atoms. The van der Waals surface area contributed by atoms with Gasteiger partial charge in [-0.1, -0.05) is 50.9 Å². The van der Waals surface area contributed by atoms with Crippen molar-refractivity contribution < 1.29 is 4.79 Å². The van der Waals surface area contributed by atoms with Crippen molar-refractivity contribution in [2.75, 3.05) is 6.54 Å². The molecule has 1 heterocycles. The Balaban J connectivity index is 1.93. The van der Waals surface area contributed by atoms with E-state index in [0.717, 1.165) is 19.3 Å².